The van der Waals surface area contributed by atoms with Gasteiger partial charge < -0.3 is 36.1 Å². The summed E-state index contributed by atoms with van der Waals surface area (Å²) < 4.78 is 61.8. The summed E-state index contributed by atoms with van der Waals surface area (Å²) >= 11 is 0. The fraction of sp³-hybridized carbons (Fsp3) is 0.415. The molecular weight excluding hydrogens is 734 g/mol. The minimum atomic E-state index is -4.67. The van der Waals surface area contributed by atoms with Crippen molar-refractivity contribution in [1.29, 1.82) is 0 Å². The van der Waals surface area contributed by atoms with Gasteiger partial charge in [0, 0.05) is 29.3 Å². The Kier molecular flexibility index (Phi) is 12.6. The van der Waals surface area contributed by atoms with Crippen LogP contribution >= 0.6 is 0 Å². The molecule has 0 aliphatic heterocycles. The Hall–Kier alpha value is -5.60. The third-order valence-electron chi connectivity index (χ3n) is 10.8. The normalized spacial score (nSPS) is 17.5. The Morgan fingerprint density at radius 2 is 1.61 bits per heavy atom. The standard InChI is InChI=1S/C41H47F4N5O6/c1-6-22(3)34(37(53)46-25-15-16-32(56-5)31(51)20-25)49-39(55)40(18-17-30-27(21-40)26-12-10-13-28(36(26)47-30)41(43,44)45)50-38(54)35(23(4)7-2)48-33(52)19-24-11-8-9-14-29(24)42/h8-16,20,22-23,34-35,47,51H,6-7,17-19,21H2,1-5H3,(H,46,53)(H,48,52)(H,49,55)(H,50,54)/t22-,23?,34?,35-,40+/m0/s1. The van der Waals surface area contributed by atoms with E-state index in [0.717, 1.165) is 6.07 Å². The average molecular weight is 782 g/mol. The molecule has 5 atom stereocenters. The number of aromatic amines is 1. The van der Waals surface area contributed by atoms with Gasteiger partial charge in [-0.05, 0) is 60.1 Å². The molecule has 15 heteroatoms. The highest BCUT2D eigenvalue weighted by atomic mass is 19.4. The van der Waals surface area contributed by atoms with E-state index in [9.17, 15) is 41.8 Å². The maximum Gasteiger partial charge on any atom is 0.418 e. The van der Waals surface area contributed by atoms with Crippen molar-refractivity contribution in [2.24, 2.45) is 11.8 Å². The van der Waals surface area contributed by atoms with Crippen molar-refractivity contribution in [3.63, 3.8) is 0 Å². The van der Waals surface area contributed by atoms with Gasteiger partial charge in [-0.15, -0.1) is 0 Å². The van der Waals surface area contributed by atoms with Crippen LogP contribution in [0.25, 0.3) is 10.9 Å². The minimum absolute atomic E-state index is 0.0635. The highest BCUT2D eigenvalue weighted by molar-refractivity contribution is 6.01. The number of carbonyl (C=O) groups excluding carboxylic acids is 4. The topological polar surface area (TPSA) is 162 Å². The molecule has 1 aliphatic rings. The van der Waals surface area contributed by atoms with Crippen molar-refractivity contribution in [3.05, 3.63) is 88.9 Å². The lowest BCUT2D eigenvalue weighted by atomic mass is 9.78. The Balaban J connectivity index is 1.51. The molecular formula is C41H47F4N5O6. The molecule has 0 saturated heterocycles. The number of benzene rings is 3. The summed E-state index contributed by atoms with van der Waals surface area (Å²) in [6.07, 6.45) is -4.38. The molecule has 5 rings (SSSR count). The number of nitrogens with one attached hydrogen (secondary N) is 5. The van der Waals surface area contributed by atoms with E-state index >= 15 is 0 Å². The summed E-state index contributed by atoms with van der Waals surface area (Å²) in [6, 6.07) is 11.4. The Bertz CT molecular complexity index is 2100. The zero-order chi connectivity index (χ0) is 40.9. The van der Waals surface area contributed by atoms with Gasteiger partial charge in [0.1, 0.15) is 23.4 Å². The summed E-state index contributed by atoms with van der Waals surface area (Å²) in [5.41, 5.74) is -1.60. The molecule has 4 amide bonds. The molecule has 0 radical (unpaired) electrons. The fourth-order valence-electron chi connectivity index (χ4n) is 7.09. The van der Waals surface area contributed by atoms with Gasteiger partial charge in [0.15, 0.2) is 11.5 Å². The number of H-pyrrole nitrogens is 1. The number of amides is 4. The number of ether oxygens (including phenoxy) is 1. The van der Waals surface area contributed by atoms with E-state index in [0.29, 0.717) is 24.1 Å². The number of phenolic OH excluding ortho intramolecular Hbond substituents is 1. The van der Waals surface area contributed by atoms with E-state index in [1.54, 1.807) is 19.9 Å². The highest BCUT2D eigenvalue weighted by Crippen LogP contribution is 2.40. The first-order valence-corrected chi connectivity index (χ1v) is 18.5. The summed E-state index contributed by atoms with van der Waals surface area (Å²) in [6.45, 7) is 7.12. The SMILES string of the molecule is CCC(C)[C@H](NC(=O)Cc1ccccc1F)C(=O)N[C@]1(C(=O)NC(C(=O)Nc2ccc(OC)c(O)c2)[C@@H](C)CC)CCc2[nH]c3c(C(F)(F)F)cccc3c2C1. The predicted octanol–water partition coefficient (Wildman–Crippen LogP) is 6.33. The molecule has 1 aliphatic carbocycles. The van der Waals surface area contributed by atoms with E-state index in [4.69, 9.17) is 4.74 Å². The number of aromatic nitrogens is 1. The quantitative estimate of drug-likeness (QED) is 0.0821. The second-order valence-electron chi connectivity index (χ2n) is 14.5. The third kappa shape index (κ3) is 8.92. The van der Waals surface area contributed by atoms with E-state index in [1.807, 2.05) is 13.8 Å². The summed E-state index contributed by atoms with van der Waals surface area (Å²) in [5.74, 6) is -4.25. The molecule has 6 N–H and O–H groups in total. The summed E-state index contributed by atoms with van der Waals surface area (Å²) in [7, 11) is 1.38. The second-order valence-corrected chi connectivity index (χ2v) is 14.5. The lowest BCUT2D eigenvalue weighted by molar-refractivity contribution is -0.138. The number of methoxy groups -OCH3 is 1. The number of phenols is 1. The highest BCUT2D eigenvalue weighted by Gasteiger charge is 2.47. The predicted molar refractivity (Wildman–Crippen MR) is 202 cm³/mol. The molecule has 0 fully saturated rings. The van der Waals surface area contributed by atoms with Gasteiger partial charge in [0.2, 0.25) is 23.6 Å². The van der Waals surface area contributed by atoms with Crippen molar-refractivity contribution < 1.29 is 46.6 Å². The summed E-state index contributed by atoms with van der Waals surface area (Å²) in [4.78, 5) is 59.1. The zero-order valence-electron chi connectivity index (χ0n) is 31.8. The molecule has 0 saturated carbocycles. The number of para-hydroxylation sites is 1. The van der Waals surface area contributed by atoms with Crippen LogP contribution in [0.1, 0.15) is 69.3 Å². The number of fused-ring (bicyclic) bond motifs is 3. The molecule has 1 heterocycles. The Labute approximate surface area is 322 Å². The average Bonchev–Trinajstić information content (AvgIpc) is 3.53. The number of aromatic hydroxyl groups is 1. The molecule has 1 aromatic heterocycles. The smallest absolute Gasteiger partial charge is 0.418 e. The van der Waals surface area contributed by atoms with Crippen molar-refractivity contribution in [2.75, 3.05) is 12.4 Å². The van der Waals surface area contributed by atoms with Gasteiger partial charge in [-0.1, -0.05) is 70.9 Å². The first-order chi connectivity index (χ1) is 26.5. The number of rotatable bonds is 14. The van der Waals surface area contributed by atoms with Gasteiger partial charge in [0.05, 0.1) is 24.6 Å². The molecule has 4 aromatic rings. The van der Waals surface area contributed by atoms with Crippen LogP contribution in [0.4, 0.5) is 23.2 Å². The van der Waals surface area contributed by atoms with Crippen molar-refractivity contribution in [3.8, 4) is 11.5 Å². The third-order valence-corrected chi connectivity index (χ3v) is 10.8. The van der Waals surface area contributed by atoms with Gasteiger partial charge >= 0.3 is 6.18 Å². The van der Waals surface area contributed by atoms with E-state index < -0.39 is 70.6 Å². The molecule has 11 nitrogen and oxygen atoms in total. The summed E-state index contributed by atoms with van der Waals surface area (Å²) in [5, 5.41) is 21.7. The van der Waals surface area contributed by atoms with Crippen LogP contribution in [-0.4, -0.2) is 58.5 Å². The fourth-order valence-corrected chi connectivity index (χ4v) is 7.09. The monoisotopic (exact) mass is 781 g/mol. The zero-order valence-corrected chi connectivity index (χ0v) is 31.8. The molecule has 56 heavy (non-hydrogen) atoms. The Morgan fingerprint density at radius 3 is 2.23 bits per heavy atom. The van der Waals surface area contributed by atoms with Gasteiger partial charge in [-0.3, -0.25) is 19.2 Å². The number of hydrogen-bond donors (Lipinski definition) is 6. The van der Waals surface area contributed by atoms with Crippen LogP contribution in [0.15, 0.2) is 60.7 Å². The van der Waals surface area contributed by atoms with Crippen LogP contribution in [0.5, 0.6) is 11.5 Å². The van der Waals surface area contributed by atoms with Crippen molar-refractivity contribution in [2.45, 2.75) is 90.0 Å². The number of hydrogen-bond acceptors (Lipinski definition) is 6. The van der Waals surface area contributed by atoms with Crippen molar-refractivity contribution in [1.82, 2.24) is 20.9 Å². The minimum Gasteiger partial charge on any atom is -0.504 e. The van der Waals surface area contributed by atoms with Crippen LogP contribution in [-0.2, 0) is 44.6 Å². The number of anilines is 1. The lowest BCUT2D eigenvalue weighted by Crippen LogP contribution is -2.67. The molecule has 0 spiro atoms. The van der Waals surface area contributed by atoms with E-state index in [-0.39, 0.29) is 59.3 Å². The molecule has 0 bridgehead atoms. The largest absolute Gasteiger partial charge is 0.504 e. The number of alkyl halides is 3. The molecule has 2 unspecified atom stereocenters. The van der Waals surface area contributed by atoms with Gasteiger partial charge in [-0.25, -0.2) is 4.39 Å². The van der Waals surface area contributed by atoms with Crippen LogP contribution < -0.4 is 26.0 Å². The first kappa shape index (κ1) is 41.6. The van der Waals surface area contributed by atoms with E-state index in [2.05, 4.69) is 26.3 Å². The van der Waals surface area contributed by atoms with Crippen LogP contribution in [0.2, 0.25) is 0 Å². The van der Waals surface area contributed by atoms with Crippen LogP contribution in [0.3, 0.4) is 0 Å². The lowest BCUT2D eigenvalue weighted by Gasteiger charge is -2.39. The second kappa shape index (κ2) is 17.0. The van der Waals surface area contributed by atoms with Crippen molar-refractivity contribution >= 4 is 40.2 Å². The Morgan fingerprint density at radius 1 is 0.929 bits per heavy atom. The maximum atomic E-state index is 14.8. The maximum absolute atomic E-state index is 14.8. The number of aryl methyl sites for hydroxylation is 1. The van der Waals surface area contributed by atoms with Crippen LogP contribution in [0, 0.1) is 17.7 Å². The number of carbonyl (C=O) groups is 4. The molecule has 3 aromatic carbocycles. The van der Waals surface area contributed by atoms with Gasteiger partial charge in [0.25, 0.3) is 0 Å². The molecule has 300 valence electrons. The first-order valence-electron chi connectivity index (χ1n) is 18.5. The van der Waals surface area contributed by atoms with Gasteiger partial charge in [-0.2, -0.15) is 13.2 Å². The number of halogens is 4. The van der Waals surface area contributed by atoms with E-state index in [1.165, 1.54) is 55.6 Å².